The van der Waals surface area contributed by atoms with Crippen LogP contribution in [0.25, 0.3) is 21.8 Å². The lowest BCUT2D eigenvalue weighted by Crippen LogP contribution is -2.25. The minimum absolute atomic E-state index is 0.169. The molecule has 2 N–H and O–H groups in total. The molecule has 4 rings (SSSR count). The van der Waals surface area contributed by atoms with Gasteiger partial charge < -0.3 is 5.32 Å². The number of halogens is 1. The normalized spacial score (nSPS) is 12.6. The van der Waals surface area contributed by atoms with Crippen LogP contribution < -0.4 is 5.32 Å². The second-order valence-electron chi connectivity index (χ2n) is 6.04. The predicted molar refractivity (Wildman–Crippen MR) is 93.6 cm³/mol. The van der Waals surface area contributed by atoms with Crippen LogP contribution in [0.15, 0.2) is 48.7 Å². The third kappa shape index (κ3) is 2.84. The Labute approximate surface area is 142 Å². The van der Waals surface area contributed by atoms with E-state index in [1.54, 1.807) is 12.3 Å². The summed E-state index contributed by atoms with van der Waals surface area (Å²) in [4.78, 5) is 12.5. The number of hydrogen-bond acceptors (Lipinski definition) is 3. The van der Waals surface area contributed by atoms with Crippen molar-refractivity contribution < 1.29 is 9.18 Å². The first kappa shape index (κ1) is 15.3. The van der Waals surface area contributed by atoms with Gasteiger partial charge in [-0.3, -0.25) is 14.6 Å². The van der Waals surface area contributed by atoms with Crippen molar-refractivity contribution in [3.8, 4) is 0 Å². The maximum absolute atomic E-state index is 13.2. The summed E-state index contributed by atoms with van der Waals surface area (Å²) in [5, 5.41) is 15.6. The number of anilines is 1. The van der Waals surface area contributed by atoms with Crippen molar-refractivity contribution in [2.45, 2.75) is 13.5 Å². The zero-order valence-corrected chi connectivity index (χ0v) is 13.5. The Morgan fingerprint density at radius 3 is 3.04 bits per heavy atom. The molecule has 0 unspecified atom stereocenters. The quantitative estimate of drug-likeness (QED) is 0.600. The first-order chi connectivity index (χ1) is 12.1. The average molecular weight is 337 g/mol. The molecule has 0 spiro atoms. The number of carbonyl (C=O) groups excluding carboxylic acids is 1. The van der Waals surface area contributed by atoms with E-state index in [2.05, 4.69) is 20.6 Å². The molecule has 1 atom stereocenters. The Morgan fingerprint density at radius 2 is 2.16 bits per heavy atom. The molecule has 0 saturated heterocycles. The number of aromatic nitrogens is 4. The maximum Gasteiger partial charge on any atom is 0.230 e. The van der Waals surface area contributed by atoms with E-state index in [4.69, 9.17) is 0 Å². The van der Waals surface area contributed by atoms with Gasteiger partial charge in [-0.2, -0.15) is 10.2 Å². The minimum Gasteiger partial charge on any atom is -0.308 e. The van der Waals surface area contributed by atoms with Crippen molar-refractivity contribution in [2.75, 3.05) is 5.32 Å². The van der Waals surface area contributed by atoms with E-state index in [0.29, 0.717) is 23.3 Å². The number of benzene rings is 2. The van der Waals surface area contributed by atoms with Crippen LogP contribution in [0.4, 0.5) is 10.2 Å². The fourth-order valence-corrected chi connectivity index (χ4v) is 2.84. The van der Waals surface area contributed by atoms with Crippen LogP contribution in [0.2, 0.25) is 0 Å². The van der Waals surface area contributed by atoms with E-state index in [-0.39, 0.29) is 17.6 Å². The zero-order valence-electron chi connectivity index (χ0n) is 13.5. The molecule has 6 nitrogen and oxygen atoms in total. The molecule has 4 aromatic rings. The van der Waals surface area contributed by atoms with Crippen molar-refractivity contribution in [3.05, 3.63) is 54.5 Å². The van der Waals surface area contributed by atoms with Crippen molar-refractivity contribution in [3.63, 3.8) is 0 Å². The summed E-state index contributed by atoms with van der Waals surface area (Å²) in [5.41, 5.74) is 1.53. The van der Waals surface area contributed by atoms with E-state index < -0.39 is 0 Å². The fraction of sp³-hybridized carbons (Fsp3) is 0.167. The van der Waals surface area contributed by atoms with Gasteiger partial charge in [-0.1, -0.05) is 25.1 Å². The highest BCUT2D eigenvalue weighted by Crippen LogP contribution is 2.22. The molecule has 0 fully saturated rings. The Hall–Kier alpha value is -3.22. The Kier molecular flexibility index (Phi) is 3.68. The summed E-state index contributed by atoms with van der Waals surface area (Å²) in [6, 6.07) is 12.1. The van der Waals surface area contributed by atoms with E-state index in [1.165, 1.54) is 12.1 Å². The molecule has 0 aliphatic carbocycles. The number of para-hydroxylation sites is 1. The lowest BCUT2D eigenvalue weighted by Gasteiger charge is -2.12. The number of nitrogens with one attached hydrogen (secondary N) is 2. The number of amides is 1. The summed E-state index contributed by atoms with van der Waals surface area (Å²) < 4.78 is 15.0. The average Bonchev–Trinajstić information content (AvgIpc) is 3.19. The number of nitrogens with zero attached hydrogens (tertiary/aromatic N) is 3. The highest BCUT2D eigenvalue weighted by molar-refractivity contribution is 6.00. The molecular formula is C18H16FN5O. The highest BCUT2D eigenvalue weighted by atomic mass is 19.1. The third-order valence-corrected chi connectivity index (χ3v) is 4.21. The van der Waals surface area contributed by atoms with Gasteiger partial charge in [0.2, 0.25) is 5.91 Å². The highest BCUT2D eigenvalue weighted by Gasteiger charge is 2.18. The standard InChI is InChI=1S/C18H16FN5O/c1-11(10-24-16-5-3-2-4-12(16)9-20-24)18(25)21-17-14-7-6-13(19)8-15(14)22-23-17/h2-9,11H,10H2,1H3,(H2,21,22,23,25)/t11-/m0/s1. The molecule has 0 aliphatic heterocycles. The lowest BCUT2D eigenvalue weighted by molar-refractivity contribution is -0.119. The van der Waals surface area contributed by atoms with Gasteiger partial charge in [0.15, 0.2) is 5.82 Å². The summed E-state index contributed by atoms with van der Waals surface area (Å²) in [5.74, 6) is -0.432. The molecule has 2 aromatic heterocycles. The number of fused-ring (bicyclic) bond motifs is 2. The Balaban J connectivity index is 1.52. The number of hydrogen-bond donors (Lipinski definition) is 2. The molecule has 1 amide bonds. The summed E-state index contributed by atoms with van der Waals surface area (Å²) in [6.45, 7) is 2.29. The number of rotatable bonds is 4. The van der Waals surface area contributed by atoms with Crippen LogP contribution >= 0.6 is 0 Å². The van der Waals surface area contributed by atoms with Gasteiger partial charge in [-0.15, -0.1) is 0 Å². The van der Waals surface area contributed by atoms with Crippen LogP contribution in [-0.4, -0.2) is 25.9 Å². The van der Waals surface area contributed by atoms with Crippen LogP contribution in [0.1, 0.15) is 6.92 Å². The monoisotopic (exact) mass is 337 g/mol. The van der Waals surface area contributed by atoms with Crippen molar-refractivity contribution in [2.24, 2.45) is 5.92 Å². The zero-order chi connectivity index (χ0) is 17.4. The fourth-order valence-electron chi connectivity index (χ4n) is 2.84. The van der Waals surface area contributed by atoms with Gasteiger partial charge in [0.1, 0.15) is 5.82 Å². The molecule has 7 heteroatoms. The Morgan fingerprint density at radius 1 is 1.32 bits per heavy atom. The molecule has 0 saturated carbocycles. The van der Waals surface area contributed by atoms with Crippen LogP contribution in [-0.2, 0) is 11.3 Å². The minimum atomic E-state index is -0.354. The smallest absolute Gasteiger partial charge is 0.230 e. The van der Waals surface area contributed by atoms with E-state index in [9.17, 15) is 9.18 Å². The molecule has 0 radical (unpaired) electrons. The molecule has 2 aromatic carbocycles. The van der Waals surface area contributed by atoms with Gasteiger partial charge in [0.25, 0.3) is 0 Å². The summed E-state index contributed by atoms with van der Waals surface area (Å²) >= 11 is 0. The molecule has 2 heterocycles. The molecule has 25 heavy (non-hydrogen) atoms. The first-order valence-electron chi connectivity index (χ1n) is 7.97. The van der Waals surface area contributed by atoms with Crippen LogP contribution in [0.5, 0.6) is 0 Å². The largest absolute Gasteiger partial charge is 0.308 e. The molecular weight excluding hydrogens is 321 g/mol. The van der Waals surface area contributed by atoms with Gasteiger partial charge in [0.05, 0.1) is 29.7 Å². The predicted octanol–water partition coefficient (Wildman–Crippen LogP) is 3.33. The second-order valence-corrected chi connectivity index (χ2v) is 6.04. The van der Waals surface area contributed by atoms with E-state index >= 15 is 0 Å². The first-order valence-corrected chi connectivity index (χ1v) is 7.97. The van der Waals surface area contributed by atoms with E-state index in [1.807, 2.05) is 35.9 Å². The van der Waals surface area contributed by atoms with Crippen molar-refractivity contribution in [1.29, 1.82) is 0 Å². The topological polar surface area (TPSA) is 75.6 Å². The summed E-state index contributed by atoms with van der Waals surface area (Å²) in [7, 11) is 0. The number of carbonyl (C=O) groups is 1. The maximum atomic E-state index is 13.2. The van der Waals surface area contributed by atoms with Gasteiger partial charge in [-0.25, -0.2) is 4.39 Å². The molecule has 0 aliphatic rings. The van der Waals surface area contributed by atoms with Gasteiger partial charge in [0, 0.05) is 10.8 Å². The molecule has 0 bridgehead atoms. The SMILES string of the molecule is C[C@@H](Cn1ncc2ccccc21)C(=O)Nc1n[nH]c2cc(F)ccc12. The van der Waals surface area contributed by atoms with Gasteiger partial charge >= 0.3 is 0 Å². The van der Waals surface area contributed by atoms with Gasteiger partial charge in [-0.05, 0) is 24.3 Å². The van der Waals surface area contributed by atoms with E-state index in [0.717, 1.165) is 10.9 Å². The van der Waals surface area contributed by atoms with Crippen LogP contribution in [0, 0.1) is 11.7 Å². The number of aromatic amines is 1. The third-order valence-electron chi connectivity index (χ3n) is 4.21. The molecule has 126 valence electrons. The van der Waals surface area contributed by atoms with Crippen LogP contribution in [0.3, 0.4) is 0 Å². The lowest BCUT2D eigenvalue weighted by atomic mass is 10.1. The van der Waals surface area contributed by atoms with Crippen molar-refractivity contribution in [1.82, 2.24) is 20.0 Å². The number of H-pyrrole nitrogens is 1. The Bertz CT molecular complexity index is 1070. The van der Waals surface area contributed by atoms with Crippen molar-refractivity contribution >= 4 is 33.5 Å². The second kappa shape index (κ2) is 6.01. The summed E-state index contributed by atoms with van der Waals surface area (Å²) in [6.07, 6.45) is 1.79.